The summed E-state index contributed by atoms with van der Waals surface area (Å²) in [4.78, 5) is 44.4. The molecule has 5 atom stereocenters. The first kappa shape index (κ1) is 45.7. The van der Waals surface area contributed by atoms with Gasteiger partial charge in [-0.25, -0.2) is 4.98 Å². The maximum atomic E-state index is 13.6. The Morgan fingerprint density at radius 2 is 1.72 bits per heavy atom. The molecule has 54 heavy (non-hydrogen) atoms. The molecule has 1 aromatic rings. The van der Waals surface area contributed by atoms with Gasteiger partial charge in [0.1, 0.15) is 18.4 Å². The number of ether oxygens (including phenoxy) is 4. The minimum Gasteiger partial charge on any atom is -0.446 e. The van der Waals surface area contributed by atoms with Gasteiger partial charge >= 0.3 is 0 Å². The summed E-state index contributed by atoms with van der Waals surface area (Å²) in [5.41, 5.74) is -2.64. The van der Waals surface area contributed by atoms with Crippen molar-refractivity contribution in [1.82, 2.24) is 20.3 Å². The number of aliphatic hydroxyl groups is 2. The summed E-state index contributed by atoms with van der Waals surface area (Å²) in [5, 5.41) is 35.2. The fourth-order valence-electron chi connectivity index (χ4n) is 5.24. The van der Waals surface area contributed by atoms with Crippen LogP contribution in [0.3, 0.4) is 0 Å². The summed E-state index contributed by atoms with van der Waals surface area (Å²) in [7, 11) is 2.78. The fraction of sp³-hybridized carbons (Fsp3) is 0.487. The smallest absolute Gasteiger partial charge is 0.281 e. The molecule has 5 unspecified atom stereocenters. The van der Waals surface area contributed by atoms with Crippen molar-refractivity contribution in [1.29, 1.82) is 0 Å². The van der Waals surface area contributed by atoms with Crippen LogP contribution in [0.5, 0.6) is 0 Å². The number of carbonyl (C=O) groups is 3. The van der Waals surface area contributed by atoms with Crippen molar-refractivity contribution in [2.24, 2.45) is 5.41 Å². The van der Waals surface area contributed by atoms with Gasteiger partial charge in [-0.3, -0.25) is 19.6 Å². The largest absolute Gasteiger partial charge is 0.446 e. The van der Waals surface area contributed by atoms with Crippen LogP contribution < -0.4 is 5.32 Å². The Labute approximate surface area is 317 Å². The molecular weight excluding hydrogens is 700 g/mol. The number of nitrogens with zero attached hydrogens (tertiary/aromatic N) is 3. The summed E-state index contributed by atoms with van der Waals surface area (Å²) in [5.74, 6) is -0.723. The van der Waals surface area contributed by atoms with Crippen molar-refractivity contribution >= 4 is 17.7 Å². The highest BCUT2D eigenvalue weighted by molar-refractivity contribution is 5.94. The predicted octanol–water partition coefficient (Wildman–Crippen LogP) is 3.45. The van der Waals surface area contributed by atoms with Gasteiger partial charge in [-0.1, -0.05) is 72.9 Å². The lowest BCUT2D eigenvalue weighted by atomic mass is 9.81. The number of carbonyl (C=O) groups excluding carboxylic acids is 3. The predicted molar refractivity (Wildman–Crippen MR) is 200 cm³/mol. The van der Waals surface area contributed by atoms with Gasteiger partial charge in [0.05, 0.1) is 23.8 Å². The zero-order chi connectivity index (χ0) is 40.3. The monoisotopic (exact) mass is 756 g/mol. The maximum absolute atomic E-state index is 13.6. The van der Waals surface area contributed by atoms with Gasteiger partial charge in [0.2, 0.25) is 5.91 Å². The molecule has 0 bridgehead atoms. The number of methoxy groups -OCH3 is 1. The second-order valence-corrected chi connectivity index (χ2v) is 12.9. The first-order valence-electron chi connectivity index (χ1n) is 17.5. The summed E-state index contributed by atoms with van der Waals surface area (Å²) in [6.45, 7) is 9.82. The average molecular weight is 757 g/mol. The van der Waals surface area contributed by atoms with E-state index in [0.717, 1.165) is 16.7 Å². The van der Waals surface area contributed by atoms with Crippen LogP contribution in [0.4, 0.5) is 0 Å². The molecule has 4 N–H and O–H groups in total. The van der Waals surface area contributed by atoms with Crippen molar-refractivity contribution in [2.45, 2.75) is 78.2 Å². The molecule has 1 aromatic heterocycles. The van der Waals surface area contributed by atoms with E-state index in [1.807, 2.05) is 18.2 Å². The molecule has 0 saturated carbocycles. The number of allylic oxidation sites excluding steroid dienone is 11. The van der Waals surface area contributed by atoms with Crippen molar-refractivity contribution in [3.8, 4) is 0 Å². The second kappa shape index (κ2) is 22.7. The van der Waals surface area contributed by atoms with E-state index in [0.29, 0.717) is 17.9 Å². The Kier molecular flexibility index (Phi) is 19.2. The van der Waals surface area contributed by atoms with E-state index in [4.69, 9.17) is 23.4 Å². The number of aromatic nitrogens is 1. The van der Waals surface area contributed by atoms with E-state index in [1.54, 1.807) is 90.3 Å². The standard InChI is InChI=1S/C39H56N4O11/c1-9-52-35(46)33(29(3)50-8)42(7)37(48)39(26-51-27-53-39)43(49)32(44)23-19-13-11-10-12-16-20-24-40-36(47)38(5,6)34(45)28(2)21-17-14-15-18-22-31-25-41-30(4)54-31/h10-21,23,25,29,33-35,45-46,49H,9,22,24,26-27H2,1-8H3,(H,40,47)/b12-10+,13-11+,17-14-,18-15+,20-16-,23-19+,28-21-. The molecular formula is C39H56N4O11. The number of oxazole rings is 1. The molecule has 298 valence electrons. The van der Waals surface area contributed by atoms with E-state index in [2.05, 4.69) is 10.3 Å². The van der Waals surface area contributed by atoms with Crippen LogP contribution in [0.25, 0.3) is 0 Å². The third kappa shape index (κ3) is 13.1. The van der Waals surface area contributed by atoms with E-state index in [9.17, 15) is 29.8 Å². The molecule has 0 aliphatic carbocycles. The highest BCUT2D eigenvalue weighted by Gasteiger charge is 2.54. The van der Waals surface area contributed by atoms with Crippen LogP contribution >= 0.6 is 0 Å². The van der Waals surface area contributed by atoms with Crippen LogP contribution in [-0.4, -0.2) is 119 Å². The number of hydrogen-bond donors (Lipinski definition) is 4. The molecule has 1 saturated heterocycles. The normalized spacial score (nSPS) is 19.5. The second-order valence-electron chi connectivity index (χ2n) is 12.9. The highest BCUT2D eigenvalue weighted by Crippen LogP contribution is 2.28. The van der Waals surface area contributed by atoms with Crippen LogP contribution in [0.1, 0.15) is 46.3 Å². The van der Waals surface area contributed by atoms with Gasteiger partial charge in [-0.2, -0.15) is 5.06 Å². The van der Waals surface area contributed by atoms with Crippen molar-refractivity contribution in [3.63, 3.8) is 0 Å². The number of amides is 3. The van der Waals surface area contributed by atoms with E-state index >= 15 is 0 Å². The number of aryl methyl sites for hydroxylation is 1. The Morgan fingerprint density at radius 3 is 2.33 bits per heavy atom. The number of rotatable bonds is 21. The van der Waals surface area contributed by atoms with E-state index in [1.165, 1.54) is 26.3 Å². The molecule has 1 aliphatic rings. The van der Waals surface area contributed by atoms with Gasteiger partial charge in [-0.05, 0) is 40.2 Å². The molecule has 2 rings (SSSR count). The first-order chi connectivity index (χ1) is 25.6. The quantitative estimate of drug-likeness (QED) is 0.0470. The number of nitrogens with one attached hydrogen (secondary N) is 1. The summed E-state index contributed by atoms with van der Waals surface area (Å²) in [6.07, 6.45) is 20.8. The maximum Gasteiger partial charge on any atom is 0.281 e. The molecule has 2 heterocycles. The van der Waals surface area contributed by atoms with Gasteiger partial charge in [0, 0.05) is 46.7 Å². The molecule has 0 radical (unpaired) electrons. The summed E-state index contributed by atoms with van der Waals surface area (Å²) >= 11 is 0. The van der Waals surface area contributed by atoms with Crippen molar-refractivity contribution < 1.29 is 53.2 Å². The minimum atomic E-state index is -2.20. The lowest BCUT2D eigenvalue weighted by molar-refractivity contribution is -0.250. The molecule has 3 amide bonds. The fourth-order valence-corrected chi connectivity index (χ4v) is 5.24. The number of hydroxylamine groups is 2. The van der Waals surface area contributed by atoms with Gasteiger partial charge < -0.3 is 43.8 Å². The SMILES string of the molecule is CCOC(O)C(C(C)OC)N(C)C(=O)C1(N(O)C(=O)/C=C/C=C/C=C/C=C\CNC(=O)C(C)(C)C(O)\C(C)=C/C=C\C=C\Cc2cnc(C)o2)COCO1. The zero-order valence-electron chi connectivity index (χ0n) is 32.4. The van der Waals surface area contributed by atoms with Crippen LogP contribution in [0.15, 0.2) is 95.2 Å². The summed E-state index contributed by atoms with van der Waals surface area (Å²) in [6, 6.07) is -0.997. The molecule has 15 nitrogen and oxygen atoms in total. The lowest BCUT2D eigenvalue weighted by Crippen LogP contribution is -2.65. The van der Waals surface area contributed by atoms with Crippen LogP contribution in [-0.2, 0) is 39.8 Å². The zero-order valence-corrected chi connectivity index (χ0v) is 32.4. The third-order valence-electron chi connectivity index (χ3n) is 8.53. The minimum absolute atomic E-state index is 0.162. The number of aliphatic hydroxyl groups excluding tert-OH is 2. The topological polar surface area (TPSA) is 193 Å². The van der Waals surface area contributed by atoms with Gasteiger partial charge in [-0.15, -0.1) is 0 Å². The van der Waals surface area contributed by atoms with E-state index < -0.39 is 54.1 Å². The number of hydrogen-bond acceptors (Lipinski definition) is 12. The van der Waals surface area contributed by atoms with Crippen LogP contribution in [0.2, 0.25) is 0 Å². The molecule has 0 spiro atoms. The summed E-state index contributed by atoms with van der Waals surface area (Å²) < 4.78 is 26.7. The molecule has 0 aromatic carbocycles. The van der Waals surface area contributed by atoms with Gasteiger partial charge in [0.25, 0.3) is 17.5 Å². The molecule has 15 heteroatoms. The Balaban J connectivity index is 1.87. The first-order valence-corrected chi connectivity index (χ1v) is 17.5. The van der Waals surface area contributed by atoms with Crippen molar-refractivity contribution in [3.05, 3.63) is 102 Å². The average Bonchev–Trinajstić information content (AvgIpc) is 3.82. The Morgan fingerprint density at radius 1 is 1.07 bits per heavy atom. The lowest BCUT2D eigenvalue weighted by Gasteiger charge is -2.40. The third-order valence-corrected chi connectivity index (χ3v) is 8.53. The van der Waals surface area contributed by atoms with E-state index in [-0.39, 0.29) is 30.9 Å². The number of likely N-dealkylation sites (N-methyl/N-ethyl adjacent to an activating group) is 1. The molecule has 1 fully saturated rings. The molecule has 1 aliphatic heterocycles. The van der Waals surface area contributed by atoms with Gasteiger partial charge in [0.15, 0.2) is 19.0 Å². The van der Waals surface area contributed by atoms with Crippen LogP contribution in [0, 0.1) is 12.3 Å². The Hall–Kier alpha value is -4.48. The Bertz CT molecular complexity index is 1570. The highest BCUT2D eigenvalue weighted by atomic mass is 16.8. The van der Waals surface area contributed by atoms with Crippen molar-refractivity contribution in [2.75, 3.05) is 40.7 Å².